The highest BCUT2D eigenvalue weighted by atomic mass is 16.5. The fraction of sp³-hybridized carbons (Fsp3) is 0.250. The zero-order chi connectivity index (χ0) is 10.7. The average molecular weight is 202 g/mol. The van der Waals surface area contributed by atoms with Gasteiger partial charge in [-0.05, 0) is 24.6 Å². The number of hydrogen-bond donors (Lipinski definition) is 1. The highest BCUT2D eigenvalue weighted by molar-refractivity contribution is 5.87. The second kappa shape index (κ2) is 4.28. The molecule has 15 heavy (non-hydrogen) atoms. The second-order valence-corrected chi connectivity index (χ2v) is 3.26. The van der Waals surface area contributed by atoms with Crippen LogP contribution in [0.1, 0.15) is 12.5 Å². The summed E-state index contributed by atoms with van der Waals surface area (Å²) in [5.41, 5.74) is 7.66. The third kappa shape index (κ3) is 1.78. The molecule has 0 radical (unpaired) electrons. The van der Waals surface area contributed by atoms with Gasteiger partial charge in [-0.25, -0.2) is 0 Å². The van der Waals surface area contributed by atoms with Crippen LogP contribution in [0.5, 0.6) is 5.75 Å². The van der Waals surface area contributed by atoms with Crippen molar-refractivity contribution in [3.8, 4) is 5.75 Å². The zero-order valence-corrected chi connectivity index (χ0v) is 8.73. The van der Waals surface area contributed by atoms with E-state index in [9.17, 15) is 0 Å². The summed E-state index contributed by atoms with van der Waals surface area (Å²) in [6.07, 6.45) is 1.77. The van der Waals surface area contributed by atoms with Crippen molar-refractivity contribution in [3.63, 3.8) is 0 Å². The summed E-state index contributed by atoms with van der Waals surface area (Å²) in [5.74, 6) is 0.824. The molecule has 3 heteroatoms. The average Bonchev–Trinajstić information content (AvgIpc) is 2.30. The predicted octanol–water partition coefficient (Wildman–Crippen LogP) is 2.09. The first-order valence-corrected chi connectivity index (χ1v) is 5.06. The number of benzene rings is 1. The van der Waals surface area contributed by atoms with Crippen molar-refractivity contribution in [1.29, 1.82) is 0 Å². The van der Waals surface area contributed by atoms with Crippen molar-refractivity contribution >= 4 is 10.9 Å². The highest BCUT2D eigenvalue weighted by Crippen LogP contribution is 2.26. The Morgan fingerprint density at radius 1 is 1.33 bits per heavy atom. The van der Waals surface area contributed by atoms with Gasteiger partial charge in [-0.3, -0.25) is 4.98 Å². The van der Waals surface area contributed by atoms with Gasteiger partial charge in [0.1, 0.15) is 11.3 Å². The maximum atomic E-state index is 5.67. The lowest BCUT2D eigenvalue weighted by atomic mass is 10.1. The van der Waals surface area contributed by atoms with Crippen LogP contribution in [0.15, 0.2) is 30.5 Å². The molecule has 0 atom stereocenters. The molecule has 78 valence electrons. The quantitative estimate of drug-likeness (QED) is 0.829. The Balaban J connectivity index is 2.66. The molecule has 0 aliphatic rings. The number of pyridine rings is 1. The molecule has 1 aromatic heterocycles. The molecular weight excluding hydrogens is 188 g/mol. The number of ether oxygens (including phenoxy) is 1. The largest absolute Gasteiger partial charge is 0.492 e. The SMILES string of the molecule is CCOc1ccc(CN)c2cccnc12. The summed E-state index contributed by atoms with van der Waals surface area (Å²) in [5, 5.41) is 1.07. The van der Waals surface area contributed by atoms with Crippen molar-refractivity contribution < 1.29 is 4.74 Å². The summed E-state index contributed by atoms with van der Waals surface area (Å²) < 4.78 is 5.52. The molecule has 0 amide bonds. The maximum absolute atomic E-state index is 5.67. The predicted molar refractivity (Wildman–Crippen MR) is 60.8 cm³/mol. The van der Waals surface area contributed by atoms with E-state index in [0.29, 0.717) is 13.2 Å². The van der Waals surface area contributed by atoms with Gasteiger partial charge in [-0.2, -0.15) is 0 Å². The number of nitrogens with two attached hydrogens (primary N) is 1. The second-order valence-electron chi connectivity index (χ2n) is 3.26. The lowest BCUT2D eigenvalue weighted by Crippen LogP contribution is -2.00. The fourth-order valence-corrected chi connectivity index (χ4v) is 1.66. The van der Waals surface area contributed by atoms with Crippen LogP contribution in [0.4, 0.5) is 0 Å². The van der Waals surface area contributed by atoms with E-state index in [4.69, 9.17) is 10.5 Å². The Morgan fingerprint density at radius 3 is 2.93 bits per heavy atom. The third-order valence-corrected chi connectivity index (χ3v) is 2.34. The maximum Gasteiger partial charge on any atom is 0.145 e. The molecule has 2 aromatic rings. The van der Waals surface area contributed by atoms with Crippen LogP contribution in [-0.4, -0.2) is 11.6 Å². The number of hydrogen-bond acceptors (Lipinski definition) is 3. The molecule has 3 nitrogen and oxygen atoms in total. The molecule has 0 unspecified atom stereocenters. The first kappa shape index (κ1) is 9.93. The van der Waals surface area contributed by atoms with E-state index >= 15 is 0 Å². The minimum absolute atomic E-state index is 0.522. The van der Waals surface area contributed by atoms with Gasteiger partial charge in [0.25, 0.3) is 0 Å². The number of aromatic nitrogens is 1. The molecule has 0 aliphatic heterocycles. The minimum atomic E-state index is 0.522. The summed E-state index contributed by atoms with van der Waals surface area (Å²) in [6.45, 7) is 3.13. The van der Waals surface area contributed by atoms with E-state index in [1.807, 2.05) is 31.2 Å². The van der Waals surface area contributed by atoms with Crippen LogP contribution in [0, 0.1) is 0 Å². The molecule has 2 N–H and O–H groups in total. The van der Waals surface area contributed by atoms with Gasteiger partial charge in [0.2, 0.25) is 0 Å². The van der Waals surface area contributed by atoms with Crippen LogP contribution in [0.25, 0.3) is 10.9 Å². The lowest BCUT2D eigenvalue weighted by molar-refractivity contribution is 0.343. The summed E-state index contributed by atoms with van der Waals surface area (Å²) in [4.78, 5) is 4.33. The number of nitrogens with zero attached hydrogens (tertiary/aromatic N) is 1. The number of rotatable bonds is 3. The van der Waals surface area contributed by atoms with Gasteiger partial charge < -0.3 is 10.5 Å². The van der Waals surface area contributed by atoms with E-state index in [2.05, 4.69) is 4.98 Å². The molecule has 1 aromatic carbocycles. The molecule has 0 aliphatic carbocycles. The lowest BCUT2D eigenvalue weighted by Gasteiger charge is -2.09. The van der Waals surface area contributed by atoms with Gasteiger partial charge in [-0.1, -0.05) is 12.1 Å². The van der Waals surface area contributed by atoms with E-state index in [0.717, 1.165) is 22.2 Å². The Bertz CT molecular complexity index is 468. The van der Waals surface area contributed by atoms with Crippen LogP contribution < -0.4 is 10.5 Å². The first-order valence-electron chi connectivity index (χ1n) is 5.06. The first-order chi connectivity index (χ1) is 7.36. The fourth-order valence-electron chi connectivity index (χ4n) is 1.66. The summed E-state index contributed by atoms with van der Waals surface area (Å²) >= 11 is 0. The zero-order valence-electron chi connectivity index (χ0n) is 8.73. The third-order valence-electron chi connectivity index (χ3n) is 2.34. The van der Waals surface area contributed by atoms with E-state index < -0.39 is 0 Å². The standard InChI is InChI=1S/C12H14N2O/c1-2-15-11-6-5-9(8-13)10-4-3-7-14-12(10)11/h3-7H,2,8,13H2,1H3. The Morgan fingerprint density at radius 2 is 2.20 bits per heavy atom. The van der Waals surface area contributed by atoms with Gasteiger partial charge in [0, 0.05) is 18.1 Å². The molecular formula is C12H14N2O. The van der Waals surface area contributed by atoms with E-state index in [-0.39, 0.29) is 0 Å². The molecule has 1 heterocycles. The Labute approximate surface area is 88.9 Å². The normalized spacial score (nSPS) is 10.5. The van der Waals surface area contributed by atoms with E-state index in [1.165, 1.54) is 0 Å². The number of fused-ring (bicyclic) bond motifs is 1. The van der Waals surface area contributed by atoms with Crippen LogP contribution in [0.2, 0.25) is 0 Å². The summed E-state index contributed by atoms with van der Waals surface area (Å²) in [7, 11) is 0. The Hall–Kier alpha value is -1.61. The van der Waals surface area contributed by atoms with Gasteiger partial charge in [0.15, 0.2) is 0 Å². The van der Waals surface area contributed by atoms with Crippen molar-refractivity contribution in [2.24, 2.45) is 5.73 Å². The van der Waals surface area contributed by atoms with Crippen molar-refractivity contribution in [2.75, 3.05) is 6.61 Å². The molecule has 0 saturated carbocycles. The van der Waals surface area contributed by atoms with Crippen molar-refractivity contribution in [2.45, 2.75) is 13.5 Å². The van der Waals surface area contributed by atoms with Gasteiger partial charge >= 0.3 is 0 Å². The van der Waals surface area contributed by atoms with Gasteiger partial charge in [0.05, 0.1) is 6.61 Å². The van der Waals surface area contributed by atoms with Crippen molar-refractivity contribution in [1.82, 2.24) is 4.98 Å². The summed E-state index contributed by atoms with van der Waals surface area (Å²) in [6, 6.07) is 7.86. The van der Waals surface area contributed by atoms with E-state index in [1.54, 1.807) is 6.20 Å². The smallest absolute Gasteiger partial charge is 0.145 e. The van der Waals surface area contributed by atoms with Crippen molar-refractivity contribution in [3.05, 3.63) is 36.0 Å². The molecule has 2 rings (SSSR count). The van der Waals surface area contributed by atoms with Crippen LogP contribution in [-0.2, 0) is 6.54 Å². The molecule has 0 saturated heterocycles. The minimum Gasteiger partial charge on any atom is -0.492 e. The topological polar surface area (TPSA) is 48.1 Å². The highest BCUT2D eigenvalue weighted by Gasteiger charge is 2.05. The molecule has 0 fully saturated rings. The monoisotopic (exact) mass is 202 g/mol. The molecule has 0 bridgehead atoms. The van der Waals surface area contributed by atoms with Crippen LogP contribution in [0.3, 0.4) is 0 Å². The molecule has 0 spiro atoms. The van der Waals surface area contributed by atoms with Gasteiger partial charge in [-0.15, -0.1) is 0 Å². The Kier molecular flexibility index (Phi) is 2.83. The van der Waals surface area contributed by atoms with Crippen LogP contribution >= 0.6 is 0 Å².